The van der Waals surface area contributed by atoms with E-state index in [4.69, 9.17) is 4.74 Å². The van der Waals surface area contributed by atoms with Gasteiger partial charge in [0.25, 0.3) is 5.91 Å². The molecule has 7 nitrogen and oxygen atoms in total. The van der Waals surface area contributed by atoms with Gasteiger partial charge in [-0.2, -0.15) is 0 Å². The maximum Gasteiger partial charge on any atom is 0.254 e. The van der Waals surface area contributed by atoms with Crippen LogP contribution in [0.4, 0.5) is 5.69 Å². The molecule has 2 atom stereocenters. The van der Waals surface area contributed by atoms with E-state index < -0.39 is 0 Å². The standard InChI is InChI=1S/C17H24BrN5O2/c1-10-7-12(18)8-11(2)14(10)23-9-13-15(21-23)19-17(20-16(13)24)22(3)5-6-25-4/h7-9,15,17,19,21H,5-6H2,1-4H3,(H,20,24). The molecule has 0 aromatic heterocycles. The largest absolute Gasteiger partial charge is 0.383 e. The normalized spacial score (nSPS) is 22.9. The Morgan fingerprint density at radius 3 is 2.64 bits per heavy atom. The summed E-state index contributed by atoms with van der Waals surface area (Å²) in [6.45, 7) is 5.44. The van der Waals surface area contributed by atoms with Gasteiger partial charge in [-0.05, 0) is 44.2 Å². The van der Waals surface area contributed by atoms with Gasteiger partial charge in [0.05, 0.1) is 17.9 Å². The zero-order valence-electron chi connectivity index (χ0n) is 14.9. The van der Waals surface area contributed by atoms with Gasteiger partial charge < -0.3 is 10.1 Å². The number of rotatable bonds is 5. The summed E-state index contributed by atoms with van der Waals surface area (Å²) in [6.07, 6.45) is 1.39. The first-order valence-electron chi connectivity index (χ1n) is 8.20. The summed E-state index contributed by atoms with van der Waals surface area (Å²) in [4.78, 5) is 14.5. The minimum atomic E-state index is -0.246. The molecule has 2 heterocycles. The van der Waals surface area contributed by atoms with Crippen LogP contribution in [0.3, 0.4) is 0 Å². The Labute approximate surface area is 156 Å². The van der Waals surface area contributed by atoms with E-state index in [1.54, 1.807) is 7.11 Å². The quantitative estimate of drug-likeness (QED) is 0.678. The maximum atomic E-state index is 12.5. The van der Waals surface area contributed by atoms with Gasteiger partial charge in [-0.25, -0.2) is 5.43 Å². The number of nitrogens with one attached hydrogen (secondary N) is 3. The van der Waals surface area contributed by atoms with Crippen molar-refractivity contribution >= 4 is 27.5 Å². The van der Waals surface area contributed by atoms with Crippen molar-refractivity contribution < 1.29 is 9.53 Å². The number of anilines is 1. The van der Waals surface area contributed by atoms with Crippen LogP contribution < -0.4 is 21.1 Å². The molecule has 0 saturated carbocycles. The number of hydrogen-bond donors (Lipinski definition) is 3. The Bertz CT molecular complexity index is 685. The number of aryl methyl sites for hydroxylation is 2. The monoisotopic (exact) mass is 409 g/mol. The van der Waals surface area contributed by atoms with Crippen LogP contribution in [0.15, 0.2) is 28.4 Å². The minimum Gasteiger partial charge on any atom is -0.383 e. The zero-order chi connectivity index (χ0) is 18.1. The number of amides is 1. The van der Waals surface area contributed by atoms with E-state index in [9.17, 15) is 4.79 Å². The van der Waals surface area contributed by atoms with Crippen molar-refractivity contribution in [1.29, 1.82) is 0 Å². The average molecular weight is 410 g/mol. The third-order valence-electron chi connectivity index (χ3n) is 4.49. The maximum absolute atomic E-state index is 12.5. The van der Waals surface area contributed by atoms with Crippen LogP contribution in [0.2, 0.25) is 0 Å². The van der Waals surface area contributed by atoms with Crippen LogP contribution in [-0.2, 0) is 9.53 Å². The van der Waals surface area contributed by atoms with Gasteiger partial charge in [0.15, 0.2) is 0 Å². The first-order chi connectivity index (χ1) is 11.9. The minimum absolute atomic E-state index is 0.0690. The molecule has 0 spiro atoms. The number of nitrogens with zero attached hydrogens (tertiary/aromatic N) is 2. The Morgan fingerprint density at radius 2 is 2.00 bits per heavy atom. The van der Waals surface area contributed by atoms with Crippen molar-refractivity contribution in [3.8, 4) is 0 Å². The van der Waals surface area contributed by atoms with Gasteiger partial charge in [0.1, 0.15) is 12.5 Å². The molecule has 2 unspecified atom stereocenters. The summed E-state index contributed by atoms with van der Waals surface area (Å²) in [5.74, 6) is -0.0690. The van der Waals surface area contributed by atoms with E-state index in [-0.39, 0.29) is 18.4 Å². The van der Waals surface area contributed by atoms with E-state index >= 15 is 0 Å². The first-order valence-corrected chi connectivity index (χ1v) is 9.00. The second-order valence-corrected chi connectivity index (χ2v) is 7.34. The van der Waals surface area contributed by atoms with Gasteiger partial charge in [0.2, 0.25) is 0 Å². The smallest absolute Gasteiger partial charge is 0.254 e. The van der Waals surface area contributed by atoms with E-state index in [0.717, 1.165) is 27.8 Å². The van der Waals surface area contributed by atoms with Crippen LogP contribution in [0.5, 0.6) is 0 Å². The lowest BCUT2D eigenvalue weighted by atomic mass is 10.1. The summed E-state index contributed by atoms with van der Waals surface area (Å²) in [5, 5.41) is 8.33. The number of carbonyl (C=O) groups excluding carboxylic acids is 1. The number of likely N-dealkylation sites (N-methyl/N-ethyl adjacent to an activating group) is 1. The predicted octanol–water partition coefficient (Wildman–Crippen LogP) is 1.18. The molecule has 0 bridgehead atoms. The highest BCUT2D eigenvalue weighted by molar-refractivity contribution is 9.10. The van der Waals surface area contributed by atoms with Crippen LogP contribution in [-0.4, -0.2) is 50.6 Å². The Kier molecular flexibility index (Phi) is 5.45. The van der Waals surface area contributed by atoms with Gasteiger partial charge >= 0.3 is 0 Å². The van der Waals surface area contributed by atoms with Gasteiger partial charge in [0, 0.05) is 24.3 Å². The predicted molar refractivity (Wildman–Crippen MR) is 101 cm³/mol. The van der Waals surface area contributed by atoms with E-state index in [1.807, 2.05) is 23.2 Å². The van der Waals surface area contributed by atoms with Crippen LogP contribution in [0, 0.1) is 13.8 Å². The molecule has 2 aliphatic heterocycles. The van der Waals surface area contributed by atoms with Gasteiger partial charge in [-0.1, -0.05) is 15.9 Å². The topological polar surface area (TPSA) is 68.9 Å². The third-order valence-corrected chi connectivity index (χ3v) is 4.95. The van der Waals surface area contributed by atoms with E-state index in [0.29, 0.717) is 12.2 Å². The molecule has 1 amide bonds. The Balaban J connectivity index is 1.78. The molecular weight excluding hydrogens is 386 g/mol. The fraction of sp³-hybridized carbons (Fsp3) is 0.471. The average Bonchev–Trinajstić information content (AvgIpc) is 2.95. The molecular formula is C17H24BrN5O2. The zero-order valence-corrected chi connectivity index (χ0v) is 16.5. The van der Waals surface area contributed by atoms with E-state index in [2.05, 4.69) is 58.0 Å². The van der Waals surface area contributed by atoms with E-state index in [1.165, 1.54) is 0 Å². The molecule has 136 valence electrons. The summed E-state index contributed by atoms with van der Waals surface area (Å²) >= 11 is 3.52. The number of hydrazine groups is 1. The molecule has 1 saturated heterocycles. The fourth-order valence-corrected chi connectivity index (χ4v) is 3.88. The molecule has 1 fully saturated rings. The third kappa shape index (κ3) is 3.73. The fourth-order valence-electron chi connectivity index (χ4n) is 3.20. The SMILES string of the molecule is COCCN(C)C1NC(=O)C2=CN(c3c(C)cc(Br)cc3C)NC2N1. The number of methoxy groups -OCH3 is 1. The molecule has 1 aromatic rings. The van der Waals surface area contributed by atoms with Crippen molar-refractivity contribution in [3.05, 3.63) is 39.5 Å². The van der Waals surface area contributed by atoms with Gasteiger partial charge in [-0.15, -0.1) is 0 Å². The Morgan fingerprint density at radius 1 is 1.32 bits per heavy atom. The highest BCUT2D eigenvalue weighted by atomic mass is 79.9. The molecule has 3 rings (SSSR count). The van der Waals surface area contributed by atoms with Crippen molar-refractivity contribution in [2.45, 2.75) is 26.3 Å². The number of carbonyl (C=O) groups is 1. The molecule has 8 heteroatoms. The van der Waals surface area contributed by atoms with Crippen molar-refractivity contribution in [3.63, 3.8) is 0 Å². The van der Waals surface area contributed by atoms with Crippen molar-refractivity contribution in [2.24, 2.45) is 0 Å². The lowest BCUT2D eigenvalue weighted by Gasteiger charge is -2.36. The van der Waals surface area contributed by atoms with Crippen molar-refractivity contribution in [2.75, 3.05) is 32.3 Å². The molecule has 0 aliphatic carbocycles. The molecule has 2 aliphatic rings. The number of halogens is 1. The van der Waals surface area contributed by atoms with Crippen LogP contribution >= 0.6 is 15.9 Å². The lowest BCUT2D eigenvalue weighted by molar-refractivity contribution is -0.122. The summed E-state index contributed by atoms with van der Waals surface area (Å²) < 4.78 is 6.15. The van der Waals surface area contributed by atoms with Crippen LogP contribution in [0.1, 0.15) is 11.1 Å². The van der Waals surface area contributed by atoms with Crippen molar-refractivity contribution in [1.82, 2.24) is 21.0 Å². The van der Waals surface area contributed by atoms with Crippen LogP contribution in [0.25, 0.3) is 0 Å². The molecule has 25 heavy (non-hydrogen) atoms. The highest BCUT2D eigenvalue weighted by Crippen LogP contribution is 2.31. The number of hydrogen-bond acceptors (Lipinski definition) is 6. The number of fused-ring (bicyclic) bond motifs is 1. The molecule has 1 aromatic carbocycles. The number of ether oxygens (including phenoxy) is 1. The summed E-state index contributed by atoms with van der Waals surface area (Å²) in [6, 6.07) is 4.14. The molecule has 3 N–H and O–H groups in total. The Hall–Kier alpha value is -1.45. The summed E-state index contributed by atoms with van der Waals surface area (Å²) in [5.41, 5.74) is 7.37. The second kappa shape index (κ2) is 7.43. The van der Waals surface area contributed by atoms with Gasteiger partial charge in [-0.3, -0.25) is 20.0 Å². The lowest BCUT2D eigenvalue weighted by Crippen LogP contribution is -2.66. The second-order valence-electron chi connectivity index (χ2n) is 6.42. The summed E-state index contributed by atoms with van der Waals surface area (Å²) in [7, 11) is 3.61. The highest BCUT2D eigenvalue weighted by Gasteiger charge is 2.38. The number of benzene rings is 1. The first kappa shape index (κ1) is 18.3. The molecule has 0 radical (unpaired) electrons.